The maximum Gasteiger partial charge on any atom is 0.419 e. The monoisotopic (exact) mass is 338 g/mol. The Morgan fingerprint density at radius 1 is 1.16 bits per heavy atom. The van der Waals surface area contributed by atoms with Crippen molar-refractivity contribution in [1.82, 2.24) is 9.47 Å². The number of amides is 1. The Hall–Kier alpha value is -2.82. The number of aromatic nitrogens is 1. The van der Waals surface area contributed by atoms with E-state index in [0.29, 0.717) is 12.1 Å². The first kappa shape index (κ1) is 17.0. The highest BCUT2D eigenvalue weighted by atomic mass is 16.4. The number of fused-ring (bicyclic) bond motifs is 1. The zero-order chi connectivity index (χ0) is 18.0. The van der Waals surface area contributed by atoms with Crippen molar-refractivity contribution in [3.05, 3.63) is 70.2 Å². The summed E-state index contributed by atoms with van der Waals surface area (Å²) >= 11 is 0. The van der Waals surface area contributed by atoms with Crippen LogP contribution in [0.25, 0.3) is 11.1 Å². The Morgan fingerprint density at radius 3 is 2.56 bits per heavy atom. The van der Waals surface area contributed by atoms with Gasteiger partial charge in [0.1, 0.15) is 0 Å². The Labute approximate surface area is 146 Å². The first-order valence-electron chi connectivity index (χ1n) is 8.38. The third kappa shape index (κ3) is 3.50. The number of oxazole rings is 1. The topological polar surface area (TPSA) is 55.5 Å². The molecule has 0 N–H and O–H groups in total. The molecule has 1 atom stereocenters. The van der Waals surface area contributed by atoms with E-state index in [-0.39, 0.29) is 18.4 Å². The van der Waals surface area contributed by atoms with Crippen molar-refractivity contribution >= 4 is 17.0 Å². The molecule has 5 heteroatoms. The minimum atomic E-state index is -0.428. The van der Waals surface area contributed by atoms with E-state index < -0.39 is 5.76 Å². The van der Waals surface area contributed by atoms with Crippen molar-refractivity contribution in [2.45, 2.75) is 32.9 Å². The van der Waals surface area contributed by atoms with Gasteiger partial charge in [0.05, 0.1) is 11.6 Å². The van der Waals surface area contributed by atoms with E-state index in [9.17, 15) is 9.59 Å². The summed E-state index contributed by atoms with van der Waals surface area (Å²) in [4.78, 5) is 26.2. The number of carbonyl (C=O) groups excluding carboxylic acids is 1. The Bertz CT molecular complexity index is 937. The fourth-order valence-corrected chi connectivity index (χ4v) is 2.89. The van der Waals surface area contributed by atoms with Gasteiger partial charge in [0.25, 0.3) is 0 Å². The van der Waals surface area contributed by atoms with E-state index in [1.54, 1.807) is 18.0 Å². The summed E-state index contributed by atoms with van der Waals surface area (Å²) in [6.07, 6.45) is 0.246. The normalized spacial score (nSPS) is 12.3. The van der Waals surface area contributed by atoms with Gasteiger partial charge in [-0.1, -0.05) is 42.0 Å². The molecule has 0 radical (unpaired) electrons. The summed E-state index contributed by atoms with van der Waals surface area (Å²) in [6.45, 7) is 4.35. The van der Waals surface area contributed by atoms with Crippen LogP contribution >= 0.6 is 0 Å². The molecule has 0 aliphatic carbocycles. The predicted octanol–water partition coefficient (Wildman–Crippen LogP) is 3.51. The summed E-state index contributed by atoms with van der Waals surface area (Å²) in [5, 5.41) is 0. The van der Waals surface area contributed by atoms with Gasteiger partial charge in [0.2, 0.25) is 5.91 Å². The summed E-state index contributed by atoms with van der Waals surface area (Å²) in [5.41, 5.74) is 3.54. The molecule has 0 aliphatic rings. The molecule has 1 amide bonds. The van der Waals surface area contributed by atoms with Gasteiger partial charge < -0.3 is 9.32 Å². The lowest BCUT2D eigenvalue weighted by Crippen LogP contribution is -2.31. The molecule has 0 spiro atoms. The second-order valence-electron chi connectivity index (χ2n) is 6.33. The zero-order valence-electron chi connectivity index (χ0n) is 14.7. The molecule has 0 fully saturated rings. The molecule has 1 heterocycles. The standard InChI is InChI=1S/C20H22N2O3/c1-14-8-10-16(11-9-14)15(2)21(3)19(23)12-13-22-17-6-4-5-7-18(17)25-20(22)24/h4-11,15H,12-13H2,1-3H3. The van der Waals surface area contributed by atoms with Gasteiger partial charge >= 0.3 is 5.76 Å². The van der Waals surface area contributed by atoms with Crippen molar-refractivity contribution in [3.8, 4) is 0 Å². The number of aryl methyl sites for hydroxylation is 2. The molecule has 2 aromatic carbocycles. The van der Waals surface area contributed by atoms with Crippen LogP contribution in [0.1, 0.15) is 30.5 Å². The number of hydrogen-bond acceptors (Lipinski definition) is 3. The number of para-hydroxylation sites is 2. The number of rotatable bonds is 5. The summed E-state index contributed by atoms with van der Waals surface area (Å²) in [7, 11) is 1.79. The smallest absolute Gasteiger partial charge is 0.408 e. The van der Waals surface area contributed by atoms with E-state index in [0.717, 1.165) is 11.1 Å². The summed E-state index contributed by atoms with van der Waals surface area (Å²) < 4.78 is 6.71. The third-order valence-electron chi connectivity index (χ3n) is 4.66. The average Bonchev–Trinajstić information content (AvgIpc) is 2.94. The zero-order valence-corrected chi connectivity index (χ0v) is 14.7. The van der Waals surface area contributed by atoms with Crippen LogP contribution in [0.2, 0.25) is 0 Å². The van der Waals surface area contributed by atoms with E-state index >= 15 is 0 Å². The molecule has 0 aliphatic heterocycles. The second-order valence-corrected chi connectivity index (χ2v) is 6.33. The van der Waals surface area contributed by atoms with E-state index in [2.05, 4.69) is 0 Å². The minimum absolute atomic E-state index is 0.00902. The molecule has 1 unspecified atom stereocenters. The molecular weight excluding hydrogens is 316 g/mol. The van der Waals surface area contributed by atoms with Gasteiger partial charge in [-0.3, -0.25) is 9.36 Å². The first-order chi connectivity index (χ1) is 12.0. The second kappa shape index (κ2) is 6.97. The number of carbonyl (C=O) groups is 1. The molecule has 130 valence electrons. The van der Waals surface area contributed by atoms with Crippen molar-refractivity contribution in [2.75, 3.05) is 7.05 Å². The number of nitrogens with zero attached hydrogens (tertiary/aromatic N) is 2. The van der Waals surface area contributed by atoms with Gasteiger partial charge in [-0.15, -0.1) is 0 Å². The minimum Gasteiger partial charge on any atom is -0.408 e. The van der Waals surface area contributed by atoms with Crippen LogP contribution in [0, 0.1) is 6.92 Å². The van der Waals surface area contributed by atoms with Crippen LogP contribution in [0.5, 0.6) is 0 Å². The van der Waals surface area contributed by atoms with E-state index in [4.69, 9.17) is 4.42 Å². The Kier molecular flexibility index (Phi) is 4.74. The lowest BCUT2D eigenvalue weighted by Gasteiger charge is -2.25. The van der Waals surface area contributed by atoms with Crippen LogP contribution in [0.15, 0.2) is 57.7 Å². The molecule has 25 heavy (non-hydrogen) atoms. The van der Waals surface area contributed by atoms with Gasteiger partial charge in [0.15, 0.2) is 5.58 Å². The van der Waals surface area contributed by atoms with Crippen LogP contribution in [0.4, 0.5) is 0 Å². The van der Waals surface area contributed by atoms with E-state index in [1.165, 1.54) is 10.1 Å². The Morgan fingerprint density at radius 2 is 1.84 bits per heavy atom. The molecule has 5 nitrogen and oxygen atoms in total. The van der Waals surface area contributed by atoms with Gasteiger partial charge in [-0.25, -0.2) is 4.79 Å². The van der Waals surface area contributed by atoms with Gasteiger partial charge in [-0.05, 0) is 31.5 Å². The largest absolute Gasteiger partial charge is 0.419 e. The molecule has 3 rings (SSSR count). The van der Waals surface area contributed by atoms with Crippen LogP contribution in [0.3, 0.4) is 0 Å². The van der Waals surface area contributed by atoms with E-state index in [1.807, 2.05) is 56.3 Å². The maximum atomic E-state index is 12.5. The molecule has 0 saturated heterocycles. The SMILES string of the molecule is Cc1ccc(C(C)N(C)C(=O)CCn2c(=O)oc3ccccc32)cc1. The van der Waals surface area contributed by atoms with Crippen molar-refractivity contribution in [1.29, 1.82) is 0 Å². The molecule has 1 aromatic heterocycles. The lowest BCUT2D eigenvalue weighted by molar-refractivity contribution is -0.132. The van der Waals surface area contributed by atoms with Crippen LogP contribution in [-0.2, 0) is 11.3 Å². The third-order valence-corrected chi connectivity index (χ3v) is 4.66. The predicted molar refractivity (Wildman–Crippen MR) is 97.5 cm³/mol. The highest BCUT2D eigenvalue weighted by Gasteiger charge is 2.18. The highest BCUT2D eigenvalue weighted by Crippen LogP contribution is 2.20. The average molecular weight is 338 g/mol. The molecule has 0 bridgehead atoms. The van der Waals surface area contributed by atoms with Crippen LogP contribution < -0.4 is 5.76 Å². The quantitative estimate of drug-likeness (QED) is 0.715. The van der Waals surface area contributed by atoms with Gasteiger partial charge in [0, 0.05) is 20.0 Å². The van der Waals surface area contributed by atoms with Gasteiger partial charge in [-0.2, -0.15) is 0 Å². The summed E-state index contributed by atoms with van der Waals surface area (Å²) in [6, 6.07) is 15.4. The maximum absolute atomic E-state index is 12.5. The van der Waals surface area contributed by atoms with Crippen LogP contribution in [-0.4, -0.2) is 22.4 Å². The first-order valence-corrected chi connectivity index (χ1v) is 8.38. The van der Waals surface area contributed by atoms with Crippen molar-refractivity contribution < 1.29 is 9.21 Å². The molecule has 0 saturated carbocycles. The number of benzene rings is 2. The number of hydrogen-bond donors (Lipinski definition) is 0. The summed E-state index contributed by atoms with van der Waals surface area (Å²) in [5.74, 6) is -0.437. The highest BCUT2D eigenvalue weighted by molar-refractivity contribution is 5.77. The molecular formula is C20H22N2O3. The fourth-order valence-electron chi connectivity index (χ4n) is 2.89. The Balaban J connectivity index is 1.70. The van der Waals surface area contributed by atoms with Crippen molar-refractivity contribution in [2.24, 2.45) is 0 Å². The molecule has 3 aromatic rings. The lowest BCUT2D eigenvalue weighted by atomic mass is 10.1. The van der Waals surface area contributed by atoms with Crippen molar-refractivity contribution in [3.63, 3.8) is 0 Å². The fraction of sp³-hybridized carbons (Fsp3) is 0.300.